The van der Waals surface area contributed by atoms with Crippen LogP contribution in [-0.2, 0) is 0 Å². The summed E-state index contributed by atoms with van der Waals surface area (Å²) in [5.41, 5.74) is 0.745. The van der Waals surface area contributed by atoms with E-state index in [4.69, 9.17) is 0 Å². The van der Waals surface area contributed by atoms with Crippen molar-refractivity contribution in [2.45, 2.75) is 0 Å². The Kier molecular flexibility index (Phi) is 2.30. The van der Waals surface area contributed by atoms with E-state index in [0.717, 1.165) is 9.39 Å². The van der Waals surface area contributed by atoms with E-state index in [9.17, 15) is 4.39 Å². The van der Waals surface area contributed by atoms with Crippen molar-refractivity contribution in [3.05, 3.63) is 46.0 Å². The Morgan fingerprint density at radius 3 is 2.77 bits per heavy atom. The lowest BCUT2D eigenvalue weighted by Crippen LogP contribution is -1.98. The number of aromatic nitrogens is 2. The molecule has 66 valence electrons. The number of hydrogen-bond donors (Lipinski definition) is 0. The summed E-state index contributed by atoms with van der Waals surface area (Å²) in [5.74, 6) is -0.246. The highest BCUT2D eigenvalue weighted by atomic mass is 127. The maximum absolute atomic E-state index is 12.8. The minimum Gasteiger partial charge on any atom is -0.227 e. The first-order valence-corrected chi connectivity index (χ1v) is 4.81. The van der Waals surface area contributed by atoms with Gasteiger partial charge in [0, 0.05) is 0 Å². The molecule has 0 aliphatic rings. The molecule has 0 fully saturated rings. The summed E-state index contributed by atoms with van der Waals surface area (Å²) in [6.07, 6.45) is 1.69. The summed E-state index contributed by atoms with van der Waals surface area (Å²) in [4.78, 5) is 0. The van der Waals surface area contributed by atoms with Gasteiger partial charge in [0.05, 0.1) is 11.9 Å². The third-order valence-electron chi connectivity index (χ3n) is 1.65. The van der Waals surface area contributed by atoms with Crippen LogP contribution in [0.3, 0.4) is 0 Å². The fourth-order valence-electron chi connectivity index (χ4n) is 1.09. The fourth-order valence-corrected chi connectivity index (χ4v) is 1.65. The molecule has 2 rings (SSSR count). The van der Waals surface area contributed by atoms with Gasteiger partial charge in [-0.1, -0.05) is 6.07 Å². The molecule has 13 heavy (non-hydrogen) atoms. The second-order valence-electron chi connectivity index (χ2n) is 2.55. The molecule has 0 bridgehead atoms. The van der Waals surface area contributed by atoms with E-state index in [0.29, 0.717) is 0 Å². The summed E-state index contributed by atoms with van der Waals surface area (Å²) in [6, 6.07) is 8.22. The molecule has 0 saturated carbocycles. The monoisotopic (exact) mass is 288 g/mol. The molecule has 0 unspecified atom stereocenters. The smallest absolute Gasteiger partial charge is 0.125 e. The Morgan fingerprint density at radius 1 is 1.31 bits per heavy atom. The van der Waals surface area contributed by atoms with Crippen molar-refractivity contribution >= 4 is 22.6 Å². The largest absolute Gasteiger partial charge is 0.227 e. The van der Waals surface area contributed by atoms with E-state index in [1.165, 1.54) is 12.1 Å². The van der Waals surface area contributed by atoms with E-state index in [2.05, 4.69) is 27.7 Å². The SMILES string of the molecule is Fc1cccc(-n2nccc2I)c1. The summed E-state index contributed by atoms with van der Waals surface area (Å²) < 4.78 is 15.5. The lowest BCUT2D eigenvalue weighted by Gasteiger charge is -2.02. The van der Waals surface area contributed by atoms with E-state index < -0.39 is 0 Å². The van der Waals surface area contributed by atoms with Gasteiger partial charge in [0.2, 0.25) is 0 Å². The van der Waals surface area contributed by atoms with Gasteiger partial charge in [0.1, 0.15) is 9.52 Å². The van der Waals surface area contributed by atoms with Crippen LogP contribution in [0, 0.1) is 9.52 Å². The Balaban J connectivity index is 2.53. The van der Waals surface area contributed by atoms with Crippen LogP contribution < -0.4 is 0 Å². The van der Waals surface area contributed by atoms with Crippen molar-refractivity contribution < 1.29 is 4.39 Å². The predicted octanol–water partition coefficient (Wildman–Crippen LogP) is 2.62. The van der Waals surface area contributed by atoms with Crippen molar-refractivity contribution in [2.24, 2.45) is 0 Å². The van der Waals surface area contributed by atoms with Crippen molar-refractivity contribution in [1.82, 2.24) is 9.78 Å². The average Bonchev–Trinajstić information content (AvgIpc) is 2.51. The zero-order chi connectivity index (χ0) is 9.26. The minimum absolute atomic E-state index is 0.246. The second-order valence-corrected chi connectivity index (χ2v) is 3.65. The lowest BCUT2D eigenvalue weighted by atomic mass is 10.3. The second kappa shape index (κ2) is 3.45. The van der Waals surface area contributed by atoms with Crippen molar-refractivity contribution in [2.75, 3.05) is 0 Å². The van der Waals surface area contributed by atoms with Gasteiger partial charge >= 0.3 is 0 Å². The molecular formula is C9H6FIN2. The zero-order valence-corrected chi connectivity index (χ0v) is 8.77. The first-order valence-electron chi connectivity index (χ1n) is 3.73. The standard InChI is InChI=1S/C9H6FIN2/c10-7-2-1-3-8(6-7)13-9(11)4-5-12-13/h1-6H. The number of halogens is 2. The maximum atomic E-state index is 12.8. The molecule has 0 radical (unpaired) electrons. The topological polar surface area (TPSA) is 17.8 Å². The Morgan fingerprint density at radius 2 is 2.15 bits per heavy atom. The van der Waals surface area contributed by atoms with E-state index in [1.807, 2.05) is 12.1 Å². The highest BCUT2D eigenvalue weighted by Crippen LogP contribution is 2.12. The zero-order valence-electron chi connectivity index (χ0n) is 6.61. The summed E-state index contributed by atoms with van der Waals surface area (Å²) in [7, 11) is 0. The van der Waals surface area contributed by atoms with Crippen LogP contribution in [-0.4, -0.2) is 9.78 Å². The molecule has 1 aromatic heterocycles. The van der Waals surface area contributed by atoms with Crippen LogP contribution in [0.25, 0.3) is 5.69 Å². The molecule has 0 aliphatic heterocycles. The first kappa shape index (κ1) is 8.68. The van der Waals surface area contributed by atoms with Crippen molar-refractivity contribution in [3.63, 3.8) is 0 Å². The summed E-state index contributed by atoms with van der Waals surface area (Å²) in [6.45, 7) is 0. The first-order chi connectivity index (χ1) is 6.27. The molecule has 2 aromatic rings. The molecule has 0 amide bonds. The van der Waals surface area contributed by atoms with Gasteiger partial charge in [0.15, 0.2) is 0 Å². The molecule has 0 aliphatic carbocycles. The van der Waals surface area contributed by atoms with Gasteiger partial charge in [-0.15, -0.1) is 0 Å². The van der Waals surface area contributed by atoms with Crippen LogP contribution in [0.4, 0.5) is 4.39 Å². The Hall–Kier alpha value is -0.910. The molecule has 0 atom stereocenters. The summed E-state index contributed by atoms with van der Waals surface area (Å²) in [5, 5.41) is 4.07. The highest BCUT2D eigenvalue weighted by molar-refractivity contribution is 14.1. The van der Waals surface area contributed by atoms with Gasteiger partial charge in [-0.3, -0.25) is 0 Å². The maximum Gasteiger partial charge on any atom is 0.125 e. The van der Waals surface area contributed by atoms with Gasteiger partial charge in [-0.2, -0.15) is 5.10 Å². The van der Waals surface area contributed by atoms with Crippen LogP contribution in [0.15, 0.2) is 36.5 Å². The van der Waals surface area contributed by atoms with Gasteiger partial charge in [-0.25, -0.2) is 9.07 Å². The van der Waals surface area contributed by atoms with Crippen LogP contribution in [0.2, 0.25) is 0 Å². The van der Waals surface area contributed by atoms with Gasteiger partial charge in [-0.05, 0) is 46.9 Å². The lowest BCUT2D eigenvalue weighted by molar-refractivity contribution is 0.625. The molecule has 0 N–H and O–H groups in total. The molecular weight excluding hydrogens is 282 g/mol. The predicted molar refractivity (Wildman–Crippen MR) is 56.2 cm³/mol. The minimum atomic E-state index is -0.246. The Bertz CT molecular complexity index is 425. The molecule has 1 heterocycles. The highest BCUT2D eigenvalue weighted by Gasteiger charge is 2.01. The van der Waals surface area contributed by atoms with Crippen LogP contribution in [0.1, 0.15) is 0 Å². The molecule has 1 aromatic carbocycles. The fraction of sp³-hybridized carbons (Fsp3) is 0. The van der Waals surface area contributed by atoms with E-state index >= 15 is 0 Å². The average molecular weight is 288 g/mol. The molecule has 2 nitrogen and oxygen atoms in total. The number of benzene rings is 1. The molecule has 4 heteroatoms. The van der Waals surface area contributed by atoms with E-state index in [-0.39, 0.29) is 5.82 Å². The van der Waals surface area contributed by atoms with Crippen LogP contribution >= 0.6 is 22.6 Å². The third-order valence-corrected chi connectivity index (χ3v) is 2.47. The summed E-state index contributed by atoms with van der Waals surface area (Å²) >= 11 is 2.15. The van der Waals surface area contributed by atoms with E-state index in [1.54, 1.807) is 16.9 Å². The van der Waals surface area contributed by atoms with Crippen molar-refractivity contribution in [1.29, 1.82) is 0 Å². The van der Waals surface area contributed by atoms with Crippen molar-refractivity contribution in [3.8, 4) is 5.69 Å². The number of nitrogens with zero attached hydrogens (tertiary/aromatic N) is 2. The van der Waals surface area contributed by atoms with Gasteiger partial charge < -0.3 is 0 Å². The quantitative estimate of drug-likeness (QED) is 0.738. The molecule has 0 spiro atoms. The normalized spacial score (nSPS) is 10.3. The molecule has 0 saturated heterocycles. The Labute approximate surface area is 88.5 Å². The van der Waals surface area contributed by atoms with Gasteiger partial charge in [0.25, 0.3) is 0 Å². The number of hydrogen-bond acceptors (Lipinski definition) is 1. The van der Waals surface area contributed by atoms with Crippen LogP contribution in [0.5, 0.6) is 0 Å². The number of rotatable bonds is 1. The third kappa shape index (κ3) is 1.72.